The molecule has 0 saturated carbocycles. The Morgan fingerprint density at radius 2 is 2.07 bits per heavy atom. The first-order valence-corrected chi connectivity index (χ1v) is 6.67. The van der Waals surface area contributed by atoms with Gasteiger partial charge < -0.3 is 5.32 Å². The summed E-state index contributed by atoms with van der Waals surface area (Å²) in [6, 6.07) is 0.575. The number of aryl methyl sites for hydroxylation is 1. The molecule has 0 aliphatic heterocycles. The summed E-state index contributed by atoms with van der Waals surface area (Å²) in [5.41, 5.74) is 1.15. The van der Waals surface area contributed by atoms with Gasteiger partial charge in [-0.3, -0.25) is 0 Å². The molecule has 0 spiro atoms. The maximum atomic E-state index is 4.53. The van der Waals surface area contributed by atoms with E-state index in [1.54, 1.807) is 11.3 Å². The van der Waals surface area contributed by atoms with E-state index in [0.29, 0.717) is 6.04 Å². The Morgan fingerprint density at radius 1 is 1.40 bits per heavy atom. The standard InChI is InChI=1S/C12H22N2S/c1-5-10(6-2)11(13-4)7-12-14-9(3)8-15-12/h8,10-11,13H,5-7H2,1-4H3. The molecule has 0 saturated heterocycles. The van der Waals surface area contributed by atoms with Crippen LogP contribution in [-0.2, 0) is 6.42 Å². The number of rotatable bonds is 6. The van der Waals surface area contributed by atoms with Crippen molar-refractivity contribution < 1.29 is 0 Å². The molecule has 0 fully saturated rings. The van der Waals surface area contributed by atoms with E-state index in [1.807, 2.05) is 0 Å². The van der Waals surface area contributed by atoms with Crippen LogP contribution in [0.3, 0.4) is 0 Å². The summed E-state index contributed by atoms with van der Waals surface area (Å²) in [4.78, 5) is 4.53. The Balaban J connectivity index is 2.60. The van der Waals surface area contributed by atoms with E-state index in [9.17, 15) is 0 Å². The summed E-state index contributed by atoms with van der Waals surface area (Å²) < 4.78 is 0. The van der Waals surface area contributed by atoms with Gasteiger partial charge in [-0.15, -0.1) is 11.3 Å². The van der Waals surface area contributed by atoms with Gasteiger partial charge in [0.25, 0.3) is 0 Å². The lowest BCUT2D eigenvalue weighted by atomic mass is 9.92. The number of nitrogens with one attached hydrogen (secondary N) is 1. The van der Waals surface area contributed by atoms with Gasteiger partial charge in [-0.05, 0) is 19.9 Å². The lowest BCUT2D eigenvalue weighted by molar-refractivity contribution is 0.349. The van der Waals surface area contributed by atoms with Gasteiger partial charge in [0, 0.05) is 23.5 Å². The van der Waals surface area contributed by atoms with Gasteiger partial charge in [0.05, 0.1) is 5.01 Å². The molecule has 3 heteroatoms. The fraction of sp³-hybridized carbons (Fsp3) is 0.750. The number of hydrogen-bond donors (Lipinski definition) is 1. The van der Waals surface area contributed by atoms with Crippen LogP contribution in [0.1, 0.15) is 37.4 Å². The molecule has 0 aliphatic carbocycles. The number of thiazole rings is 1. The summed E-state index contributed by atoms with van der Waals surface area (Å²) in [7, 11) is 2.06. The molecule has 1 aromatic heterocycles. The molecule has 0 aliphatic rings. The Bertz CT molecular complexity index is 279. The van der Waals surface area contributed by atoms with Crippen LogP contribution < -0.4 is 5.32 Å². The average molecular weight is 226 g/mol. The normalized spacial score (nSPS) is 13.4. The van der Waals surface area contributed by atoms with Crippen LogP contribution in [0.15, 0.2) is 5.38 Å². The van der Waals surface area contributed by atoms with E-state index in [2.05, 4.69) is 43.5 Å². The van der Waals surface area contributed by atoms with Crippen molar-refractivity contribution in [3.63, 3.8) is 0 Å². The maximum Gasteiger partial charge on any atom is 0.0943 e. The van der Waals surface area contributed by atoms with Crippen molar-refractivity contribution in [3.05, 3.63) is 16.1 Å². The summed E-state index contributed by atoms with van der Waals surface area (Å²) in [6.45, 7) is 6.60. The third-order valence-corrected chi connectivity index (χ3v) is 4.04. The molecule has 86 valence electrons. The van der Waals surface area contributed by atoms with Gasteiger partial charge in [-0.1, -0.05) is 26.7 Å². The monoisotopic (exact) mass is 226 g/mol. The number of likely N-dealkylation sites (N-methyl/N-ethyl adjacent to an activating group) is 1. The Morgan fingerprint density at radius 3 is 2.47 bits per heavy atom. The first-order chi connectivity index (χ1) is 7.21. The van der Waals surface area contributed by atoms with Gasteiger partial charge >= 0.3 is 0 Å². The highest BCUT2D eigenvalue weighted by molar-refractivity contribution is 7.09. The topological polar surface area (TPSA) is 24.9 Å². The van der Waals surface area contributed by atoms with Crippen LogP contribution in [0, 0.1) is 12.8 Å². The first kappa shape index (κ1) is 12.7. The molecule has 2 nitrogen and oxygen atoms in total. The largest absolute Gasteiger partial charge is 0.316 e. The SMILES string of the molecule is CCC(CC)C(Cc1nc(C)cs1)NC. The highest BCUT2D eigenvalue weighted by Crippen LogP contribution is 2.19. The van der Waals surface area contributed by atoms with Gasteiger partial charge in [-0.2, -0.15) is 0 Å². The third kappa shape index (κ3) is 3.58. The smallest absolute Gasteiger partial charge is 0.0943 e. The van der Waals surface area contributed by atoms with Crippen LogP contribution in [0.2, 0.25) is 0 Å². The Kier molecular flexibility index (Phi) is 5.26. The number of hydrogen-bond acceptors (Lipinski definition) is 3. The number of nitrogens with zero attached hydrogens (tertiary/aromatic N) is 1. The predicted octanol–water partition coefficient (Wildman–Crippen LogP) is 3.02. The fourth-order valence-corrected chi connectivity index (χ4v) is 2.88. The third-order valence-electron chi connectivity index (χ3n) is 3.05. The van der Waals surface area contributed by atoms with E-state index in [0.717, 1.165) is 18.0 Å². The maximum absolute atomic E-state index is 4.53. The van der Waals surface area contributed by atoms with Gasteiger partial charge in [0.15, 0.2) is 0 Å². The van der Waals surface area contributed by atoms with E-state index >= 15 is 0 Å². The molecular weight excluding hydrogens is 204 g/mol. The Labute approximate surface area is 97.1 Å². The zero-order valence-corrected chi connectivity index (χ0v) is 11.0. The van der Waals surface area contributed by atoms with Gasteiger partial charge in [-0.25, -0.2) is 4.98 Å². The van der Waals surface area contributed by atoms with Crippen molar-refractivity contribution in [2.24, 2.45) is 5.92 Å². The predicted molar refractivity (Wildman–Crippen MR) is 67.5 cm³/mol. The first-order valence-electron chi connectivity index (χ1n) is 5.79. The minimum Gasteiger partial charge on any atom is -0.316 e. The van der Waals surface area contributed by atoms with Crippen molar-refractivity contribution in [1.82, 2.24) is 10.3 Å². The highest BCUT2D eigenvalue weighted by Gasteiger charge is 2.18. The molecule has 1 atom stereocenters. The van der Waals surface area contributed by atoms with Crippen molar-refractivity contribution >= 4 is 11.3 Å². The second-order valence-electron chi connectivity index (χ2n) is 4.06. The fourth-order valence-electron chi connectivity index (χ4n) is 2.05. The van der Waals surface area contributed by atoms with Crippen molar-refractivity contribution in [2.75, 3.05) is 7.05 Å². The van der Waals surface area contributed by atoms with E-state index in [4.69, 9.17) is 0 Å². The average Bonchev–Trinajstić information content (AvgIpc) is 2.64. The Hall–Kier alpha value is -0.410. The molecule has 0 amide bonds. The van der Waals surface area contributed by atoms with Crippen molar-refractivity contribution in [1.29, 1.82) is 0 Å². The van der Waals surface area contributed by atoms with Gasteiger partial charge in [0.2, 0.25) is 0 Å². The molecule has 1 unspecified atom stereocenters. The second kappa shape index (κ2) is 6.23. The minimum atomic E-state index is 0.575. The zero-order chi connectivity index (χ0) is 11.3. The van der Waals surface area contributed by atoms with Gasteiger partial charge in [0.1, 0.15) is 0 Å². The molecule has 0 bridgehead atoms. The van der Waals surface area contributed by atoms with Crippen LogP contribution in [-0.4, -0.2) is 18.1 Å². The second-order valence-corrected chi connectivity index (χ2v) is 5.00. The van der Waals surface area contributed by atoms with Crippen LogP contribution in [0.5, 0.6) is 0 Å². The molecule has 15 heavy (non-hydrogen) atoms. The quantitative estimate of drug-likeness (QED) is 0.806. The highest BCUT2D eigenvalue weighted by atomic mass is 32.1. The van der Waals surface area contributed by atoms with E-state index < -0.39 is 0 Å². The molecule has 1 aromatic rings. The minimum absolute atomic E-state index is 0.575. The zero-order valence-electron chi connectivity index (χ0n) is 10.2. The van der Waals surface area contributed by atoms with Crippen molar-refractivity contribution in [2.45, 2.75) is 46.1 Å². The molecule has 1 N–H and O–H groups in total. The molecule has 1 heterocycles. The lowest BCUT2D eigenvalue weighted by Crippen LogP contribution is -2.35. The molecular formula is C12H22N2S. The van der Waals surface area contributed by atoms with E-state index in [-0.39, 0.29) is 0 Å². The molecule has 1 rings (SSSR count). The summed E-state index contributed by atoms with van der Waals surface area (Å²) in [5.74, 6) is 0.763. The summed E-state index contributed by atoms with van der Waals surface area (Å²) in [6.07, 6.45) is 3.56. The summed E-state index contributed by atoms with van der Waals surface area (Å²) in [5, 5.41) is 6.83. The van der Waals surface area contributed by atoms with Crippen LogP contribution in [0.25, 0.3) is 0 Å². The lowest BCUT2D eigenvalue weighted by Gasteiger charge is -2.23. The molecule has 0 aromatic carbocycles. The molecule has 0 radical (unpaired) electrons. The van der Waals surface area contributed by atoms with Crippen LogP contribution in [0.4, 0.5) is 0 Å². The van der Waals surface area contributed by atoms with Crippen LogP contribution >= 0.6 is 11.3 Å². The van der Waals surface area contributed by atoms with E-state index in [1.165, 1.54) is 17.8 Å². The van der Waals surface area contributed by atoms with Crippen molar-refractivity contribution in [3.8, 4) is 0 Å². The summed E-state index contributed by atoms with van der Waals surface area (Å²) >= 11 is 1.78. The number of aromatic nitrogens is 1.